The maximum Gasteiger partial charge on any atom is 0.282 e. The van der Waals surface area contributed by atoms with E-state index >= 15 is 0 Å². The normalized spacial score (nSPS) is 12.9. The predicted octanol–water partition coefficient (Wildman–Crippen LogP) is 2.16. The first-order valence-corrected chi connectivity index (χ1v) is 8.23. The smallest absolute Gasteiger partial charge is 0.282 e. The molecule has 2 aromatic carbocycles. The first kappa shape index (κ1) is 18.2. The molecular weight excluding hydrogens is 350 g/mol. The van der Waals surface area contributed by atoms with E-state index in [0.29, 0.717) is 6.54 Å². The van der Waals surface area contributed by atoms with Crippen LogP contribution in [0.3, 0.4) is 0 Å². The Balaban J connectivity index is 1.78. The van der Waals surface area contributed by atoms with Crippen LogP contribution in [0, 0.1) is 17.0 Å². The SMILES string of the molecule is Cc1ccccc1CN(C)C(=O)CN1C(=O)c2cccc([N+](=O)[O-])c2C1=O. The van der Waals surface area contributed by atoms with Crippen LogP contribution in [0.15, 0.2) is 42.5 Å². The molecule has 1 aliphatic rings. The molecule has 8 nitrogen and oxygen atoms in total. The van der Waals surface area contributed by atoms with Crippen molar-refractivity contribution in [2.24, 2.45) is 0 Å². The van der Waals surface area contributed by atoms with E-state index in [0.717, 1.165) is 16.0 Å². The van der Waals surface area contributed by atoms with Crippen molar-refractivity contribution < 1.29 is 19.3 Å². The number of nitro benzene ring substituents is 1. The van der Waals surface area contributed by atoms with Crippen LogP contribution >= 0.6 is 0 Å². The van der Waals surface area contributed by atoms with Crippen LogP contribution in [0.25, 0.3) is 0 Å². The first-order chi connectivity index (χ1) is 12.8. The summed E-state index contributed by atoms with van der Waals surface area (Å²) in [6, 6.07) is 11.4. The summed E-state index contributed by atoms with van der Waals surface area (Å²) in [5.74, 6) is -1.95. The molecule has 0 aromatic heterocycles. The van der Waals surface area contributed by atoms with Gasteiger partial charge in [0.05, 0.1) is 10.5 Å². The van der Waals surface area contributed by atoms with Crippen molar-refractivity contribution in [3.8, 4) is 0 Å². The summed E-state index contributed by atoms with van der Waals surface area (Å²) in [6.45, 7) is 1.79. The molecule has 8 heteroatoms. The Labute approximate surface area is 155 Å². The molecule has 0 spiro atoms. The number of likely N-dealkylation sites (N-methyl/N-ethyl adjacent to an activating group) is 1. The van der Waals surface area contributed by atoms with E-state index in [1.54, 1.807) is 7.05 Å². The molecular formula is C19H17N3O5. The zero-order valence-electron chi connectivity index (χ0n) is 14.8. The lowest BCUT2D eigenvalue weighted by Gasteiger charge is -2.21. The fourth-order valence-corrected chi connectivity index (χ4v) is 3.00. The van der Waals surface area contributed by atoms with Crippen LogP contribution in [0.2, 0.25) is 0 Å². The molecule has 3 amide bonds. The fraction of sp³-hybridized carbons (Fsp3) is 0.211. The van der Waals surface area contributed by atoms with Crippen LogP contribution < -0.4 is 0 Å². The summed E-state index contributed by atoms with van der Waals surface area (Å²) >= 11 is 0. The number of nitro groups is 1. The Morgan fingerprint density at radius 2 is 1.81 bits per heavy atom. The lowest BCUT2D eigenvalue weighted by Crippen LogP contribution is -2.41. The minimum absolute atomic E-state index is 0.0523. The van der Waals surface area contributed by atoms with Gasteiger partial charge in [0, 0.05) is 19.7 Å². The number of benzene rings is 2. The van der Waals surface area contributed by atoms with Gasteiger partial charge in [-0.15, -0.1) is 0 Å². The van der Waals surface area contributed by atoms with Crippen LogP contribution in [0.4, 0.5) is 5.69 Å². The third-order valence-corrected chi connectivity index (χ3v) is 4.56. The molecule has 0 unspecified atom stereocenters. The standard InChI is InChI=1S/C19H17N3O5/c1-12-6-3-4-7-13(12)10-20(2)16(23)11-21-18(24)14-8-5-9-15(22(26)27)17(14)19(21)25/h3-9H,10-11H2,1-2H3. The molecule has 0 bridgehead atoms. The Hall–Kier alpha value is -3.55. The van der Waals surface area contributed by atoms with Gasteiger partial charge in [0.2, 0.25) is 5.91 Å². The highest BCUT2D eigenvalue weighted by atomic mass is 16.6. The summed E-state index contributed by atoms with van der Waals surface area (Å²) in [6.07, 6.45) is 0. The summed E-state index contributed by atoms with van der Waals surface area (Å²) in [5, 5.41) is 11.1. The van der Waals surface area contributed by atoms with E-state index in [1.807, 2.05) is 31.2 Å². The quantitative estimate of drug-likeness (QED) is 0.458. The molecule has 1 aliphatic heterocycles. The Bertz CT molecular complexity index is 970. The molecule has 0 fully saturated rings. The highest BCUT2D eigenvalue weighted by Crippen LogP contribution is 2.30. The van der Waals surface area contributed by atoms with Crippen molar-refractivity contribution >= 4 is 23.4 Å². The third kappa shape index (κ3) is 3.29. The lowest BCUT2D eigenvalue weighted by molar-refractivity contribution is -0.385. The third-order valence-electron chi connectivity index (χ3n) is 4.56. The van der Waals surface area contributed by atoms with Crippen molar-refractivity contribution in [2.45, 2.75) is 13.5 Å². The van der Waals surface area contributed by atoms with Gasteiger partial charge in [-0.1, -0.05) is 30.3 Å². The van der Waals surface area contributed by atoms with E-state index < -0.39 is 34.9 Å². The molecule has 1 heterocycles. The molecule has 0 saturated heterocycles. The van der Waals surface area contributed by atoms with E-state index in [-0.39, 0.29) is 11.1 Å². The fourth-order valence-electron chi connectivity index (χ4n) is 3.00. The zero-order valence-corrected chi connectivity index (χ0v) is 14.8. The van der Waals surface area contributed by atoms with Crippen molar-refractivity contribution in [3.05, 3.63) is 74.8 Å². The number of aryl methyl sites for hydroxylation is 1. The highest BCUT2D eigenvalue weighted by Gasteiger charge is 2.41. The van der Waals surface area contributed by atoms with Crippen molar-refractivity contribution in [1.29, 1.82) is 0 Å². The van der Waals surface area contributed by atoms with Gasteiger partial charge in [-0.3, -0.25) is 29.4 Å². The minimum atomic E-state index is -0.819. The zero-order chi connectivity index (χ0) is 19.7. The molecule has 0 N–H and O–H groups in total. The molecule has 0 saturated carbocycles. The van der Waals surface area contributed by atoms with E-state index in [1.165, 1.54) is 23.1 Å². The summed E-state index contributed by atoms with van der Waals surface area (Å²) in [7, 11) is 1.58. The molecule has 138 valence electrons. The number of carbonyl (C=O) groups excluding carboxylic acids is 3. The molecule has 2 aromatic rings. The second kappa shape index (κ2) is 6.99. The van der Waals surface area contributed by atoms with Crippen LogP contribution in [-0.2, 0) is 11.3 Å². The van der Waals surface area contributed by atoms with Crippen molar-refractivity contribution in [1.82, 2.24) is 9.80 Å². The Morgan fingerprint density at radius 3 is 2.48 bits per heavy atom. The van der Waals surface area contributed by atoms with E-state index in [2.05, 4.69) is 0 Å². The number of rotatable bonds is 5. The average Bonchev–Trinajstić information content (AvgIpc) is 2.88. The Morgan fingerprint density at radius 1 is 1.11 bits per heavy atom. The van der Waals surface area contributed by atoms with Crippen molar-refractivity contribution in [3.63, 3.8) is 0 Å². The van der Waals surface area contributed by atoms with Crippen LogP contribution in [0.5, 0.6) is 0 Å². The molecule has 27 heavy (non-hydrogen) atoms. The molecule has 0 radical (unpaired) electrons. The number of imide groups is 1. The van der Waals surface area contributed by atoms with Gasteiger partial charge in [0.15, 0.2) is 0 Å². The second-order valence-corrected chi connectivity index (χ2v) is 6.33. The van der Waals surface area contributed by atoms with E-state index in [9.17, 15) is 24.5 Å². The van der Waals surface area contributed by atoms with Crippen molar-refractivity contribution in [2.75, 3.05) is 13.6 Å². The molecule has 0 atom stereocenters. The number of carbonyl (C=O) groups is 3. The number of nitrogens with zero attached hydrogens (tertiary/aromatic N) is 3. The van der Waals surface area contributed by atoms with Gasteiger partial charge in [-0.25, -0.2) is 0 Å². The topological polar surface area (TPSA) is 101 Å². The maximum absolute atomic E-state index is 12.5. The largest absolute Gasteiger partial charge is 0.340 e. The van der Waals surface area contributed by atoms with Crippen LogP contribution in [-0.4, -0.2) is 46.0 Å². The highest BCUT2D eigenvalue weighted by molar-refractivity contribution is 6.24. The minimum Gasteiger partial charge on any atom is -0.340 e. The number of fused-ring (bicyclic) bond motifs is 1. The number of hydrogen-bond acceptors (Lipinski definition) is 5. The average molecular weight is 367 g/mol. The summed E-state index contributed by atoms with van der Waals surface area (Å²) < 4.78 is 0. The maximum atomic E-state index is 12.5. The summed E-state index contributed by atoms with van der Waals surface area (Å²) in [4.78, 5) is 50.1. The molecule has 3 rings (SSSR count). The van der Waals surface area contributed by atoms with E-state index in [4.69, 9.17) is 0 Å². The molecule has 0 aliphatic carbocycles. The summed E-state index contributed by atoms with van der Waals surface area (Å²) in [5.41, 5.74) is 1.22. The number of amides is 3. The lowest BCUT2D eigenvalue weighted by atomic mass is 10.1. The van der Waals surface area contributed by atoms with Crippen LogP contribution in [0.1, 0.15) is 31.8 Å². The van der Waals surface area contributed by atoms with Gasteiger partial charge < -0.3 is 4.90 Å². The van der Waals surface area contributed by atoms with Gasteiger partial charge in [-0.2, -0.15) is 0 Å². The second-order valence-electron chi connectivity index (χ2n) is 6.33. The Kier molecular flexibility index (Phi) is 4.72. The first-order valence-electron chi connectivity index (χ1n) is 8.23. The predicted molar refractivity (Wildman–Crippen MR) is 96.1 cm³/mol. The van der Waals surface area contributed by atoms with Gasteiger partial charge in [0.1, 0.15) is 12.1 Å². The van der Waals surface area contributed by atoms with Gasteiger partial charge in [0.25, 0.3) is 17.5 Å². The number of hydrogen-bond donors (Lipinski definition) is 0. The van der Waals surface area contributed by atoms with Gasteiger partial charge in [-0.05, 0) is 24.1 Å². The van der Waals surface area contributed by atoms with Gasteiger partial charge >= 0.3 is 0 Å². The monoisotopic (exact) mass is 367 g/mol.